The maximum absolute atomic E-state index is 13.3. The van der Waals surface area contributed by atoms with Crippen molar-refractivity contribution in [2.24, 2.45) is 5.16 Å². The Balaban J connectivity index is 1.51. The number of hydrogen-bond acceptors (Lipinski definition) is 15. The molecule has 0 bridgehead atoms. The lowest BCUT2D eigenvalue weighted by molar-refractivity contribution is -0.691. The second-order valence-electron chi connectivity index (χ2n) is 10.1. The molecule has 2 aromatic rings. The number of nitrogens with one attached hydrogen (secondary N) is 3. The Morgan fingerprint density at radius 2 is 2.02 bits per heavy atom. The lowest BCUT2D eigenvalue weighted by Gasteiger charge is -2.49. The number of hydroxylamine groups is 1. The van der Waals surface area contributed by atoms with Crippen LogP contribution in [0.5, 0.6) is 0 Å². The number of hydrogen-bond donors (Lipinski definition) is 8. The number of thiazole rings is 1. The highest BCUT2D eigenvalue weighted by Gasteiger charge is 2.54. The zero-order valence-corrected chi connectivity index (χ0v) is 25.8. The van der Waals surface area contributed by atoms with Crippen LogP contribution in [0.15, 0.2) is 46.5 Å². The van der Waals surface area contributed by atoms with E-state index >= 15 is 0 Å². The van der Waals surface area contributed by atoms with E-state index in [1.807, 2.05) is 0 Å². The molecule has 0 aromatic carbocycles. The van der Waals surface area contributed by atoms with Crippen molar-refractivity contribution in [1.82, 2.24) is 25.7 Å². The van der Waals surface area contributed by atoms with Crippen LogP contribution in [0.4, 0.5) is 16.6 Å². The van der Waals surface area contributed by atoms with Gasteiger partial charge in [0.25, 0.3) is 29.9 Å². The van der Waals surface area contributed by atoms with Crippen LogP contribution >= 0.6 is 23.1 Å². The number of rotatable bonds is 13. The van der Waals surface area contributed by atoms with Crippen molar-refractivity contribution in [3.05, 3.63) is 47.0 Å². The molecule has 2 aromatic heterocycles. The zero-order valence-electron chi connectivity index (χ0n) is 24.2. The molecule has 0 spiro atoms. The predicted octanol–water partition coefficient (Wildman–Crippen LogP) is -1.51. The summed E-state index contributed by atoms with van der Waals surface area (Å²) >= 11 is 2.22. The standard InChI is InChI=1S/C25H28N10O9S2/c1-25(2,23(41)42)44-33-15(13-9-46-24(27)30-13)19(37)31-16-20(38)35-17(22(39)40)11(8-45-21(16)35)6-34-7-12(18(26)29-10-34)28-5-3-4-14(36)32-43/h3-4,7,9-10,16,21,26,28H,5-6,8H2,1-2H3,(H7,27,30,31,32,33,36,37,39,40,41,42,43)/p+1/b4-3+/t16-,21?/m1/s1. The number of thioether (sulfide) groups is 1. The van der Waals surface area contributed by atoms with E-state index in [2.05, 4.69) is 25.8 Å². The largest absolute Gasteiger partial charge is 0.478 e. The average Bonchev–Trinajstić information content (AvgIpc) is 3.44. The first-order chi connectivity index (χ1) is 21.7. The number of carboxylic acid groups (broad SMARTS) is 2. The van der Waals surface area contributed by atoms with E-state index in [1.165, 1.54) is 48.9 Å². The Hall–Kier alpha value is -5.28. The number of carboxylic acids is 2. The quantitative estimate of drug-likeness (QED) is 0.0298. The van der Waals surface area contributed by atoms with Crippen LogP contribution in [0.25, 0.3) is 0 Å². The highest BCUT2D eigenvalue weighted by atomic mass is 32.2. The summed E-state index contributed by atoms with van der Waals surface area (Å²) in [6.07, 6.45) is 5.50. The van der Waals surface area contributed by atoms with Crippen molar-refractivity contribution in [2.45, 2.75) is 37.4 Å². The maximum Gasteiger partial charge on any atom is 0.352 e. The molecule has 10 N–H and O–H groups in total. The molecule has 0 aliphatic carbocycles. The van der Waals surface area contributed by atoms with E-state index in [1.54, 1.807) is 10.8 Å². The number of aliphatic carboxylic acids is 2. The summed E-state index contributed by atoms with van der Waals surface area (Å²) < 4.78 is 1.56. The molecular formula is C25H29N10O9S2+. The summed E-state index contributed by atoms with van der Waals surface area (Å²) in [5.41, 5.74) is 11.4. The van der Waals surface area contributed by atoms with Crippen molar-refractivity contribution >= 4 is 75.1 Å². The number of amides is 3. The molecule has 2 aliphatic heterocycles. The maximum atomic E-state index is 13.3. The molecule has 3 amide bonds. The number of fused-ring (bicyclic) bond motifs is 1. The summed E-state index contributed by atoms with van der Waals surface area (Å²) in [5, 5.41) is 37.9. The molecular weight excluding hydrogens is 648 g/mol. The van der Waals surface area contributed by atoms with Gasteiger partial charge < -0.3 is 37.2 Å². The molecule has 4 heterocycles. The molecule has 1 unspecified atom stereocenters. The fourth-order valence-electron chi connectivity index (χ4n) is 4.10. The van der Waals surface area contributed by atoms with Gasteiger partial charge in [0, 0.05) is 29.3 Å². The Morgan fingerprint density at radius 3 is 2.65 bits per heavy atom. The van der Waals surface area contributed by atoms with E-state index in [9.17, 15) is 34.2 Å². The minimum Gasteiger partial charge on any atom is -0.478 e. The molecule has 0 radical (unpaired) electrons. The molecule has 1 saturated heterocycles. The lowest BCUT2D eigenvalue weighted by atomic mass is 10.0. The second-order valence-corrected chi connectivity index (χ2v) is 12.1. The number of nitrogen functional groups attached to an aromatic ring is 2. The number of oxime groups is 1. The van der Waals surface area contributed by atoms with Crippen LogP contribution in [0, 0.1) is 0 Å². The van der Waals surface area contributed by atoms with Crippen LogP contribution < -0.4 is 32.1 Å². The Kier molecular flexibility index (Phi) is 10.1. The molecule has 1 fully saturated rings. The summed E-state index contributed by atoms with van der Waals surface area (Å²) in [6.45, 7) is 2.64. The van der Waals surface area contributed by atoms with Gasteiger partial charge in [0.1, 0.15) is 41.2 Å². The number of anilines is 3. The minimum atomic E-state index is -1.79. The third kappa shape index (κ3) is 7.33. The molecule has 4 rings (SSSR count). The van der Waals surface area contributed by atoms with Crippen molar-refractivity contribution in [3.8, 4) is 0 Å². The van der Waals surface area contributed by atoms with E-state index in [0.717, 1.165) is 22.3 Å². The van der Waals surface area contributed by atoms with Crippen molar-refractivity contribution in [3.63, 3.8) is 0 Å². The topological polar surface area (TPSA) is 289 Å². The third-order valence-electron chi connectivity index (χ3n) is 6.48. The summed E-state index contributed by atoms with van der Waals surface area (Å²) in [7, 11) is 0. The molecule has 244 valence electrons. The van der Waals surface area contributed by atoms with E-state index in [0.29, 0.717) is 11.3 Å². The second kappa shape index (κ2) is 13.8. The van der Waals surface area contributed by atoms with Crippen LogP contribution in [0.3, 0.4) is 0 Å². The summed E-state index contributed by atoms with van der Waals surface area (Å²) in [4.78, 5) is 75.7. The predicted molar refractivity (Wildman–Crippen MR) is 162 cm³/mol. The first-order valence-electron chi connectivity index (χ1n) is 13.1. The normalized spacial score (nSPS) is 18.1. The van der Waals surface area contributed by atoms with Crippen molar-refractivity contribution in [1.29, 1.82) is 0 Å². The molecule has 46 heavy (non-hydrogen) atoms. The van der Waals surface area contributed by atoms with Gasteiger partial charge in [0.2, 0.25) is 5.60 Å². The smallest absolute Gasteiger partial charge is 0.352 e. The fraction of sp³-hybridized carbons (Fsp3) is 0.320. The van der Waals surface area contributed by atoms with Gasteiger partial charge in [-0.2, -0.15) is 0 Å². The summed E-state index contributed by atoms with van der Waals surface area (Å²) in [6, 6.07) is -1.13. The monoisotopic (exact) mass is 677 g/mol. The van der Waals surface area contributed by atoms with Crippen molar-refractivity contribution in [2.75, 3.05) is 29.1 Å². The fourth-order valence-corrected chi connectivity index (χ4v) is 5.98. The van der Waals surface area contributed by atoms with Gasteiger partial charge in [-0.25, -0.2) is 24.6 Å². The zero-order chi connectivity index (χ0) is 33.8. The highest BCUT2D eigenvalue weighted by molar-refractivity contribution is 8.00. The number of nitrogens with zero attached hydrogens (tertiary/aromatic N) is 5. The van der Waals surface area contributed by atoms with E-state index < -0.39 is 52.4 Å². The Bertz CT molecular complexity index is 1670. The Labute approximate surface area is 267 Å². The molecule has 2 aliphatic rings. The van der Waals surface area contributed by atoms with E-state index in [4.69, 9.17) is 21.5 Å². The van der Waals surface area contributed by atoms with Crippen molar-refractivity contribution < 1.29 is 48.8 Å². The molecule has 2 atom stereocenters. The first-order valence-corrected chi connectivity index (χ1v) is 15.1. The molecule has 19 nitrogen and oxygen atoms in total. The number of carbonyl (C=O) groups excluding carboxylic acids is 3. The van der Waals surface area contributed by atoms with Gasteiger partial charge in [0.15, 0.2) is 10.8 Å². The number of β-lactam (4-membered cyclic amide) rings is 1. The van der Waals surface area contributed by atoms with Crippen LogP contribution in [-0.4, -0.2) is 95.0 Å². The van der Waals surface area contributed by atoms with Gasteiger partial charge in [-0.1, -0.05) is 11.2 Å². The average molecular weight is 678 g/mol. The summed E-state index contributed by atoms with van der Waals surface area (Å²) in [5.74, 6) is -4.69. The third-order valence-corrected chi connectivity index (χ3v) is 8.49. The number of nitrogens with two attached hydrogens (primary N) is 2. The van der Waals surface area contributed by atoms with Crippen LogP contribution in [0.2, 0.25) is 0 Å². The van der Waals surface area contributed by atoms with Crippen LogP contribution in [-0.2, 0) is 35.4 Å². The van der Waals surface area contributed by atoms with Gasteiger partial charge in [0.05, 0.1) is 0 Å². The SMILES string of the molecule is CC(C)(O/N=C(\C(=O)N[C@@H]1C(=O)N2C(C(=O)O)=C(C[n+]3cnc(N)c(NC/C=C/C(=O)NO)c3)CSC12)c1csc(N)n1)C(=O)O. The Morgan fingerprint density at radius 1 is 1.28 bits per heavy atom. The van der Waals surface area contributed by atoms with Gasteiger partial charge >= 0.3 is 11.9 Å². The molecule has 0 saturated carbocycles. The number of carbonyl (C=O) groups is 5. The lowest BCUT2D eigenvalue weighted by Crippen LogP contribution is -2.71. The first kappa shape index (κ1) is 33.6. The minimum absolute atomic E-state index is 0.0100. The van der Waals surface area contributed by atoms with Gasteiger partial charge in [-0.05, 0) is 18.8 Å². The number of aromatic nitrogens is 3. The van der Waals surface area contributed by atoms with Gasteiger partial charge in [-0.15, -0.1) is 23.1 Å². The van der Waals surface area contributed by atoms with Crippen LogP contribution in [0.1, 0.15) is 19.5 Å². The van der Waals surface area contributed by atoms with E-state index in [-0.39, 0.29) is 41.2 Å². The molecule has 21 heteroatoms. The van der Waals surface area contributed by atoms with Gasteiger partial charge in [-0.3, -0.25) is 24.5 Å². The highest BCUT2D eigenvalue weighted by Crippen LogP contribution is 2.40.